The second-order valence-electron chi connectivity index (χ2n) is 6.10. The molecule has 3 nitrogen and oxygen atoms in total. The molecule has 1 amide bonds. The van der Waals surface area contributed by atoms with Crippen LogP contribution in [0.3, 0.4) is 0 Å². The first-order chi connectivity index (χ1) is 8.15. The van der Waals surface area contributed by atoms with Crippen molar-refractivity contribution in [2.24, 2.45) is 11.3 Å². The minimum atomic E-state index is -0.0929. The third kappa shape index (κ3) is 2.82. The molecule has 2 atom stereocenters. The lowest BCUT2D eigenvalue weighted by Crippen LogP contribution is -2.47. The Kier molecular flexibility index (Phi) is 4.08. The van der Waals surface area contributed by atoms with Crippen LogP contribution in [0.15, 0.2) is 0 Å². The molecule has 0 saturated heterocycles. The van der Waals surface area contributed by atoms with Crippen LogP contribution in [0.4, 0.5) is 0 Å². The standard InChI is InChI=1S/C14H25NO2/c1-14(10-16)9-5-8-12(14)15-13(17)11-6-3-2-4-7-11/h11-12,16H,2-10H2,1H3,(H,15,17). The molecule has 0 heterocycles. The number of carbonyl (C=O) groups is 1. The van der Waals surface area contributed by atoms with E-state index in [0.717, 1.165) is 32.1 Å². The molecule has 0 aromatic rings. The number of carbonyl (C=O) groups excluding carboxylic acids is 1. The van der Waals surface area contributed by atoms with E-state index in [9.17, 15) is 9.90 Å². The molecule has 0 aromatic carbocycles. The van der Waals surface area contributed by atoms with Gasteiger partial charge in [-0.15, -0.1) is 0 Å². The highest BCUT2D eigenvalue weighted by Crippen LogP contribution is 2.37. The molecule has 2 N–H and O–H groups in total. The van der Waals surface area contributed by atoms with Gasteiger partial charge in [0.1, 0.15) is 0 Å². The summed E-state index contributed by atoms with van der Waals surface area (Å²) in [4.78, 5) is 12.2. The zero-order valence-electron chi connectivity index (χ0n) is 10.9. The van der Waals surface area contributed by atoms with Gasteiger partial charge in [-0.3, -0.25) is 4.79 Å². The summed E-state index contributed by atoms with van der Waals surface area (Å²) < 4.78 is 0. The Morgan fingerprint density at radius 1 is 1.24 bits per heavy atom. The summed E-state index contributed by atoms with van der Waals surface area (Å²) in [5.41, 5.74) is -0.0929. The molecule has 0 bridgehead atoms. The monoisotopic (exact) mass is 239 g/mol. The molecule has 2 fully saturated rings. The molecule has 2 unspecified atom stereocenters. The summed E-state index contributed by atoms with van der Waals surface area (Å²) >= 11 is 0. The van der Waals surface area contributed by atoms with Crippen LogP contribution >= 0.6 is 0 Å². The maximum atomic E-state index is 12.2. The van der Waals surface area contributed by atoms with Crippen molar-refractivity contribution in [3.05, 3.63) is 0 Å². The minimum absolute atomic E-state index is 0.0929. The van der Waals surface area contributed by atoms with Gasteiger partial charge in [-0.1, -0.05) is 32.6 Å². The number of hydrogen-bond donors (Lipinski definition) is 2. The Hall–Kier alpha value is -0.570. The van der Waals surface area contributed by atoms with Crippen LogP contribution < -0.4 is 5.32 Å². The summed E-state index contributed by atoms with van der Waals surface area (Å²) in [5, 5.41) is 12.7. The van der Waals surface area contributed by atoms with Crippen LogP contribution in [0, 0.1) is 11.3 Å². The number of aliphatic hydroxyl groups is 1. The molecular weight excluding hydrogens is 214 g/mol. The topological polar surface area (TPSA) is 49.3 Å². The summed E-state index contributed by atoms with van der Waals surface area (Å²) in [5.74, 6) is 0.462. The lowest BCUT2D eigenvalue weighted by atomic mass is 9.84. The second-order valence-corrected chi connectivity index (χ2v) is 6.10. The maximum absolute atomic E-state index is 12.2. The van der Waals surface area contributed by atoms with Crippen LogP contribution in [0.5, 0.6) is 0 Å². The molecule has 2 aliphatic rings. The van der Waals surface area contributed by atoms with E-state index in [2.05, 4.69) is 12.2 Å². The third-order valence-electron chi connectivity index (χ3n) is 4.74. The molecule has 0 radical (unpaired) electrons. The molecule has 0 aliphatic heterocycles. The summed E-state index contributed by atoms with van der Waals surface area (Å²) in [6.07, 6.45) is 8.94. The summed E-state index contributed by atoms with van der Waals surface area (Å²) in [6.45, 7) is 2.27. The van der Waals surface area contributed by atoms with Crippen molar-refractivity contribution >= 4 is 5.91 Å². The fourth-order valence-electron chi connectivity index (χ4n) is 3.32. The molecule has 17 heavy (non-hydrogen) atoms. The smallest absolute Gasteiger partial charge is 0.223 e. The maximum Gasteiger partial charge on any atom is 0.223 e. The Labute approximate surface area is 104 Å². The summed E-state index contributed by atoms with van der Waals surface area (Å²) in [6, 6.07) is 0.182. The number of aliphatic hydroxyl groups excluding tert-OH is 1. The van der Waals surface area contributed by atoms with E-state index in [1.807, 2.05) is 0 Å². The van der Waals surface area contributed by atoms with Crippen LogP contribution in [-0.4, -0.2) is 23.7 Å². The molecular formula is C14H25NO2. The van der Waals surface area contributed by atoms with E-state index in [0.29, 0.717) is 0 Å². The van der Waals surface area contributed by atoms with Crippen LogP contribution in [0.2, 0.25) is 0 Å². The van der Waals surface area contributed by atoms with Gasteiger partial charge in [-0.05, 0) is 25.7 Å². The van der Waals surface area contributed by atoms with Crippen molar-refractivity contribution in [3.63, 3.8) is 0 Å². The largest absolute Gasteiger partial charge is 0.396 e. The highest BCUT2D eigenvalue weighted by atomic mass is 16.3. The molecule has 3 heteroatoms. The molecule has 98 valence electrons. The van der Waals surface area contributed by atoms with Crippen LogP contribution in [-0.2, 0) is 4.79 Å². The fraction of sp³-hybridized carbons (Fsp3) is 0.929. The van der Waals surface area contributed by atoms with E-state index in [4.69, 9.17) is 0 Å². The number of hydrogen-bond acceptors (Lipinski definition) is 2. The van der Waals surface area contributed by atoms with Gasteiger partial charge in [0.15, 0.2) is 0 Å². The molecule has 2 aliphatic carbocycles. The third-order valence-corrected chi connectivity index (χ3v) is 4.74. The van der Waals surface area contributed by atoms with Gasteiger partial charge < -0.3 is 10.4 Å². The Balaban J connectivity index is 1.89. The van der Waals surface area contributed by atoms with E-state index in [1.165, 1.54) is 19.3 Å². The van der Waals surface area contributed by atoms with Crippen molar-refractivity contribution < 1.29 is 9.90 Å². The average Bonchev–Trinajstić information content (AvgIpc) is 2.73. The number of rotatable bonds is 3. The quantitative estimate of drug-likeness (QED) is 0.793. The minimum Gasteiger partial charge on any atom is -0.396 e. The average molecular weight is 239 g/mol. The predicted octanol–water partition coefficient (Wildman–Crippen LogP) is 2.23. The predicted molar refractivity (Wildman–Crippen MR) is 67.5 cm³/mol. The first-order valence-corrected chi connectivity index (χ1v) is 7.07. The SMILES string of the molecule is CC1(CO)CCCC1NC(=O)C1CCCCC1. The molecule has 0 aromatic heterocycles. The second kappa shape index (κ2) is 5.38. The van der Waals surface area contributed by atoms with Gasteiger partial charge in [0.2, 0.25) is 5.91 Å². The number of nitrogens with one attached hydrogen (secondary N) is 1. The van der Waals surface area contributed by atoms with E-state index in [-0.39, 0.29) is 29.9 Å². The lowest BCUT2D eigenvalue weighted by Gasteiger charge is -2.32. The van der Waals surface area contributed by atoms with Gasteiger partial charge in [0.05, 0.1) is 6.61 Å². The van der Waals surface area contributed by atoms with E-state index >= 15 is 0 Å². The zero-order chi connectivity index (χ0) is 12.3. The molecule has 2 saturated carbocycles. The first kappa shape index (κ1) is 12.9. The zero-order valence-corrected chi connectivity index (χ0v) is 10.9. The van der Waals surface area contributed by atoms with Gasteiger partial charge in [0.25, 0.3) is 0 Å². The van der Waals surface area contributed by atoms with Crippen molar-refractivity contribution in [1.82, 2.24) is 5.32 Å². The van der Waals surface area contributed by atoms with Gasteiger partial charge >= 0.3 is 0 Å². The Bertz CT molecular complexity index is 273. The van der Waals surface area contributed by atoms with E-state index in [1.54, 1.807) is 0 Å². The van der Waals surface area contributed by atoms with Crippen LogP contribution in [0.1, 0.15) is 58.3 Å². The van der Waals surface area contributed by atoms with Crippen LogP contribution in [0.25, 0.3) is 0 Å². The van der Waals surface area contributed by atoms with Crippen molar-refractivity contribution in [1.29, 1.82) is 0 Å². The van der Waals surface area contributed by atoms with Crippen molar-refractivity contribution in [2.75, 3.05) is 6.61 Å². The highest BCUT2D eigenvalue weighted by Gasteiger charge is 2.39. The number of amides is 1. The van der Waals surface area contributed by atoms with Gasteiger partial charge in [-0.2, -0.15) is 0 Å². The lowest BCUT2D eigenvalue weighted by molar-refractivity contribution is -0.127. The fourth-order valence-corrected chi connectivity index (χ4v) is 3.32. The first-order valence-electron chi connectivity index (χ1n) is 7.07. The normalized spacial score (nSPS) is 34.8. The molecule has 0 spiro atoms. The van der Waals surface area contributed by atoms with E-state index < -0.39 is 0 Å². The Morgan fingerprint density at radius 2 is 1.94 bits per heavy atom. The Morgan fingerprint density at radius 3 is 2.59 bits per heavy atom. The summed E-state index contributed by atoms with van der Waals surface area (Å²) in [7, 11) is 0. The highest BCUT2D eigenvalue weighted by molar-refractivity contribution is 5.79. The van der Waals surface area contributed by atoms with Crippen molar-refractivity contribution in [3.8, 4) is 0 Å². The van der Waals surface area contributed by atoms with Gasteiger partial charge in [-0.25, -0.2) is 0 Å². The molecule has 2 rings (SSSR count). The van der Waals surface area contributed by atoms with Crippen molar-refractivity contribution in [2.45, 2.75) is 64.3 Å². The van der Waals surface area contributed by atoms with Gasteiger partial charge in [0, 0.05) is 17.4 Å².